The van der Waals surface area contributed by atoms with E-state index in [0.29, 0.717) is 6.10 Å². The summed E-state index contributed by atoms with van der Waals surface area (Å²) in [6.07, 6.45) is 3.67. The topological polar surface area (TPSA) is 29.6 Å². The summed E-state index contributed by atoms with van der Waals surface area (Å²) in [5.74, 6) is 0.0868. The van der Waals surface area contributed by atoms with Gasteiger partial charge in [-0.05, 0) is 25.2 Å². The minimum Gasteiger partial charge on any atom is -0.366 e. The highest BCUT2D eigenvalue weighted by molar-refractivity contribution is 5.59. The van der Waals surface area contributed by atoms with Gasteiger partial charge in [-0.3, -0.25) is 0 Å². The van der Waals surface area contributed by atoms with Crippen LogP contribution in [0, 0.1) is 11.3 Å². The molecule has 2 fully saturated rings. The van der Waals surface area contributed by atoms with E-state index in [1.165, 1.54) is 0 Å². The Bertz CT molecular complexity index is 217. The van der Waals surface area contributed by atoms with Gasteiger partial charge < -0.3 is 9.53 Å². The van der Waals surface area contributed by atoms with Crippen molar-refractivity contribution in [3.05, 3.63) is 0 Å². The zero-order valence-electron chi connectivity index (χ0n) is 7.96. The van der Waals surface area contributed by atoms with Gasteiger partial charge in [-0.2, -0.15) is 0 Å². The standard InChI is InChI=1S/C10H16O2/c1-9(2)5-4-8-10(3,12-8)7(9)6-11/h6-8H,4-5H2,1-3H3/t7?,8-,10+/m0/s1. The molecule has 68 valence electrons. The third kappa shape index (κ3) is 0.875. The largest absolute Gasteiger partial charge is 0.366 e. The maximum atomic E-state index is 10.9. The van der Waals surface area contributed by atoms with Gasteiger partial charge in [0.1, 0.15) is 11.9 Å². The van der Waals surface area contributed by atoms with E-state index in [1.54, 1.807) is 0 Å². The lowest BCUT2D eigenvalue weighted by Crippen LogP contribution is -2.41. The van der Waals surface area contributed by atoms with E-state index < -0.39 is 0 Å². The Morgan fingerprint density at radius 2 is 2.08 bits per heavy atom. The first-order valence-electron chi connectivity index (χ1n) is 4.64. The molecule has 3 atom stereocenters. The first kappa shape index (κ1) is 8.24. The summed E-state index contributed by atoms with van der Waals surface area (Å²) in [5, 5.41) is 0. The minimum atomic E-state index is -0.122. The molecule has 1 saturated carbocycles. The highest BCUT2D eigenvalue weighted by Gasteiger charge is 2.64. The van der Waals surface area contributed by atoms with Crippen LogP contribution in [0.15, 0.2) is 0 Å². The first-order valence-corrected chi connectivity index (χ1v) is 4.64. The Morgan fingerprint density at radius 1 is 1.42 bits per heavy atom. The van der Waals surface area contributed by atoms with Crippen molar-refractivity contribution in [2.75, 3.05) is 0 Å². The predicted molar refractivity (Wildman–Crippen MR) is 45.8 cm³/mol. The van der Waals surface area contributed by atoms with Gasteiger partial charge in [0, 0.05) is 0 Å². The fraction of sp³-hybridized carbons (Fsp3) is 0.900. The Labute approximate surface area is 73.3 Å². The smallest absolute Gasteiger partial charge is 0.126 e. The van der Waals surface area contributed by atoms with E-state index in [0.717, 1.165) is 19.1 Å². The van der Waals surface area contributed by atoms with Gasteiger partial charge >= 0.3 is 0 Å². The van der Waals surface area contributed by atoms with Crippen LogP contribution >= 0.6 is 0 Å². The molecule has 0 spiro atoms. The molecule has 0 aromatic carbocycles. The van der Waals surface area contributed by atoms with E-state index >= 15 is 0 Å². The normalized spacial score (nSPS) is 49.6. The highest BCUT2D eigenvalue weighted by Crippen LogP contribution is 2.56. The molecule has 1 unspecified atom stereocenters. The van der Waals surface area contributed by atoms with Crippen molar-refractivity contribution in [3.8, 4) is 0 Å². The fourth-order valence-corrected chi connectivity index (χ4v) is 2.65. The fourth-order valence-electron chi connectivity index (χ4n) is 2.65. The summed E-state index contributed by atoms with van der Waals surface area (Å²) in [6, 6.07) is 0. The molecule has 2 heteroatoms. The van der Waals surface area contributed by atoms with Crippen molar-refractivity contribution in [1.29, 1.82) is 0 Å². The molecule has 1 saturated heterocycles. The first-order chi connectivity index (χ1) is 5.50. The summed E-state index contributed by atoms with van der Waals surface area (Å²) in [7, 11) is 0. The van der Waals surface area contributed by atoms with Crippen LogP contribution < -0.4 is 0 Å². The van der Waals surface area contributed by atoms with Crippen molar-refractivity contribution < 1.29 is 9.53 Å². The Kier molecular flexibility index (Phi) is 1.45. The lowest BCUT2D eigenvalue weighted by Gasteiger charge is -2.36. The van der Waals surface area contributed by atoms with E-state index in [2.05, 4.69) is 20.8 Å². The zero-order chi connectivity index (χ0) is 8.98. The van der Waals surface area contributed by atoms with Crippen LogP contribution in [0.4, 0.5) is 0 Å². The van der Waals surface area contributed by atoms with E-state index in [4.69, 9.17) is 4.74 Å². The van der Waals surface area contributed by atoms with Crippen molar-refractivity contribution in [2.45, 2.75) is 45.3 Å². The van der Waals surface area contributed by atoms with Gasteiger partial charge in [0.15, 0.2) is 0 Å². The summed E-state index contributed by atoms with van der Waals surface area (Å²) < 4.78 is 5.57. The minimum absolute atomic E-state index is 0.0868. The third-order valence-electron chi connectivity index (χ3n) is 3.62. The van der Waals surface area contributed by atoms with Crippen LogP contribution in [0.2, 0.25) is 0 Å². The molecule has 1 aliphatic carbocycles. The van der Waals surface area contributed by atoms with Crippen molar-refractivity contribution in [3.63, 3.8) is 0 Å². The highest BCUT2D eigenvalue weighted by atomic mass is 16.6. The number of carbonyl (C=O) groups excluding carboxylic acids is 1. The zero-order valence-corrected chi connectivity index (χ0v) is 7.96. The van der Waals surface area contributed by atoms with E-state index in [1.807, 2.05) is 0 Å². The number of epoxide rings is 1. The molecule has 0 bridgehead atoms. The van der Waals surface area contributed by atoms with Crippen molar-refractivity contribution >= 4 is 6.29 Å². The number of hydrogen-bond acceptors (Lipinski definition) is 2. The molecule has 0 aromatic heterocycles. The number of ether oxygens (including phenoxy) is 1. The number of carbonyl (C=O) groups is 1. The Morgan fingerprint density at radius 3 is 2.58 bits per heavy atom. The summed E-state index contributed by atoms with van der Waals surface area (Å²) in [4.78, 5) is 10.9. The lowest BCUT2D eigenvalue weighted by molar-refractivity contribution is -0.117. The van der Waals surface area contributed by atoms with Gasteiger partial charge in [-0.1, -0.05) is 13.8 Å². The average Bonchev–Trinajstić information content (AvgIpc) is 2.59. The van der Waals surface area contributed by atoms with Crippen LogP contribution in [0.3, 0.4) is 0 Å². The molecule has 0 N–H and O–H groups in total. The maximum absolute atomic E-state index is 10.9. The molecule has 1 heterocycles. The number of fused-ring (bicyclic) bond motifs is 1. The average molecular weight is 168 g/mol. The lowest BCUT2D eigenvalue weighted by atomic mass is 9.65. The summed E-state index contributed by atoms with van der Waals surface area (Å²) >= 11 is 0. The third-order valence-corrected chi connectivity index (χ3v) is 3.62. The summed E-state index contributed by atoms with van der Waals surface area (Å²) in [5.41, 5.74) is 0.00694. The Hall–Kier alpha value is -0.370. The summed E-state index contributed by atoms with van der Waals surface area (Å²) in [6.45, 7) is 6.39. The van der Waals surface area contributed by atoms with E-state index in [-0.39, 0.29) is 16.9 Å². The Balaban J connectivity index is 2.27. The molecule has 1 aliphatic heterocycles. The van der Waals surface area contributed by atoms with Gasteiger partial charge in [0.05, 0.1) is 12.0 Å². The van der Waals surface area contributed by atoms with Gasteiger partial charge in [-0.15, -0.1) is 0 Å². The molecule has 0 amide bonds. The van der Waals surface area contributed by atoms with Gasteiger partial charge in [0.25, 0.3) is 0 Å². The molecule has 12 heavy (non-hydrogen) atoms. The molecular formula is C10H16O2. The monoisotopic (exact) mass is 168 g/mol. The number of aldehydes is 1. The van der Waals surface area contributed by atoms with Crippen LogP contribution in [-0.2, 0) is 9.53 Å². The predicted octanol–water partition coefficient (Wildman–Crippen LogP) is 1.78. The second kappa shape index (κ2) is 2.11. The number of hydrogen-bond donors (Lipinski definition) is 0. The second-order valence-corrected chi connectivity index (χ2v) is 4.93. The molecular weight excluding hydrogens is 152 g/mol. The van der Waals surface area contributed by atoms with Gasteiger partial charge in [-0.25, -0.2) is 0 Å². The molecule has 2 rings (SSSR count). The molecule has 0 aromatic rings. The quantitative estimate of drug-likeness (QED) is 0.441. The van der Waals surface area contributed by atoms with E-state index in [9.17, 15) is 4.79 Å². The van der Waals surface area contributed by atoms with Crippen molar-refractivity contribution in [2.24, 2.45) is 11.3 Å². The van der Waals surface area contributed by atoms with Crippen LogP contribution in [0.1, 0.15) is 33.6 Å². The van der Waals surface area contributed by atoms with Crippen LogP contribution in [0.25, 0.3) is 0 Å². The molecule has 2 nitrogen and oxygen atoms in total. The second-order valence-electron chi connectivity index (χ2n) is 4.93. The SMILES string of the molecule is CC1(C)CC[C@@H]2O[C@]2(C)C1C=O. The van der Waals surface area contributed by atoms with Crippen LogP contribution in [0.5, 0.6) is 0 Å². The number of rotatable bonds is 1. The molecule has 2 aliphatic rings. The van der Waals surface area contributed by atoms with Gasteiger partial charge in [0.2, 0.25) is 0 Å². The molecule has 0 radical (unpaired) electrons. The van der Waals surface area contributed by atoms with Crippen LogP contribution in [-0.4, -0.2) is 18.0 Å². The van der Waals surface area contributed by atoms with Crippen molar-refractivity contribution in [1.82, 2.24) is 0 Å². The maximum Gasteiger partial charge on any atom is 0.126 e.